The van der Waals surface area contributed by atoms with E-state index in [0.717, 1.165) is 24.8 Å². The van der Waals surface area contributed by atoms with Crippen LogP contribution in [0.3, 0.4) is 0 Å². The number of hydrogen-bond donors (Lipinski definition) is 2. The van der Waals surface area contributed by atoms with Crippen LogP contribution < -0.4 is 19.5 Å². The van der Waals surface area contributed by atoms with Crippen LogP contribution in [0.1, 0.15) is 55.7 Å². The molecule has 2 aliphatic rings. The van der Waals surface area contributed by atoms with Crippen LogP contribution in [0.5, 0.6) is 11.5 Å². The van der Waals surface area contributed by atoms with Crippen LogP contribution in [0.15, 0.2) is 47.4 Å². The molecule has 1 heterocycles. The Morgan fingerprint density at radius 2 is 1.81 bits per heavy atom. The third kappa shape index (κ3) is 6.98. The maximum atomic E-state index is 12.5. The molecule has 2 aromatic carbocycles. The lowest BCUT2D eigenvalue weighted by Crippen LogP contribution is -2.34. The Morgan fingerprint density at radius 3 is 2.67 bits per heavy atom. The topological polar surface area (TPSA) is 120 Å². The molecule has 0 unspecified atom stereocenters. The predicted octanol–water partition coefficient (Wildman–Crippen LogP) is 3.03. The number of aryl methyl sites for hydroxylation is 1. The van der Waals surface area contributed by atoms with E-state index in [4.69, 9.17) is 14.2 Å². The molecule has 1 amide bonds. The molecule has 0 radical (unpaired) electrons. The number of ether oxygens (including phenoxy) is 3. The highest BCUT2D eigenvalue weighted by molar-refractivity contribution is 7.89. The Morgan fingerprint density at radius 1 is 1.00 bits per heavy atom. The lowest BCUT2D eigenvalue weighted by atomic mass is 9.88. The van der Waals surface area contributed by atoms with Crippen LogP contribution in [0.4, 0.5) is 0 Å². The minimum Gasteiger partial charge on any atom is -0.486 e. The van der Waals surface area contributed by atoms with Gasteiger partial charge in [-0.05, 0) is 55.4 Å². The van der Waals surface area contributed by atoms with Gasteiger partial charge in [0.1, 0.15) is 13.2 Å². The van der Waals surface area contributed by atoms with Crippen LogP contribution in [0, 0.1) is 0 Å². The molecule has 0 aromatic heterocycles. The van der Waals surface area contributed by atoms with Crippen molar-refractivity contribution in [1.82, 2.24) is 10.0 Å². The number of nitrogens with one attached hydrogen (secondary N) is 2. The zero-order valence-electron chi connectivity index (χ0n) is 20.2. The number of carbonyl (C=O) groups is 2. The number of rotatable bonds is 11. The van der Waals surface area contributed by atoms with Crippen molar-refractivity contribution in [2.24, 2.45) is 0 Å². The summed E-state index contributed by atoms with van der Waals surface area (Å²) in [6.45, 7) is 0.767. The van der Waals surface area contributed by atoms with Gasteiger partial charge >= 0.3 is 5.97 Å². The van der Waals surface area contributed by atoms with Crippen LogP contribution in [0.25, 0.3) is 0 Å². The van der Waals surface area contributed by atoms with Crippen LogP contribution in [0.2, 0.25) is 0 Å². The summed E-state index contributed by atoms with van der Waals surface area (Å²) in [4.78, 5) is 24.4. The van der Waals surface area contributed by atoms with Gasteiger partial charge < -0.3 is 19.5 Å². The van der Waals surface area contributed by atoms with E-state index in [1.54, 1.807) is 6.07 Å². The van der Waals surface area contributed by atoms with E-state index in [1.807, 2.05) is 18.2 Å². The van der Waals surface area contributed by atoms with E-state index < -0.39 is 16.0 Å². The van der Waals surface area contributed by atoms with Crippen molar-refractivity contribution in [3.05, 3.63) is 53.6 Å². The highest BCUT2D eigenvalue weighted by Gasteiger charge is 2.22. The summed E-state index contributed by atoms with van der Waals surface area (Å²) in [5.41, 5.74) is 2.38. The molecular formula is C26H32N2O7S. The quantitative estimate of drug-likeness (QED) is 0.348. The van der Waals surface area contributed by atoms with Crippen molar-refractivity contribution in [2.45, 2.75) is 55.9 Å². The third-order valence-corrected chi connectivity index (χ3v) is 7.70. The lowest BCUT2D eigenvalue weighted by Gasteiger charge is -2.26. The first-order valence-corrected chi connectivity index (χ1v) is 13.8. The minimum atomic E-state index is -3.67. The first-order chi connectivity index (χ1) is 17.4. The molecule has 194 valence electrons. The molecule has 10 heteroatoms. The molecule has 0 fully saturated rings. The third-order valence-electron chi connectivity index (χ3n) is 6.24. The fourth-order valence-corrected chi connectivity index (χ4v) is 5.50. The first-order valence-electron chi connectivity index (χ1n) is 12.3. The molecule has 0 bridgehead atoms. The standard InChI is InChI=1S/C26H32N2O7S/c29-25(28-22-10-6-8-19-7-3-4-9-21(19)22)18-35-26(30)11-2-1-5-14-27-36(31,32)20-12-13-23-24(17-20)34-16-15-33-23/h3-4,7,9,12-13,17,22,27H,1-2,5-6,8,10-11,14-16,18H2,(H,28,29)/t22-/m0/s1. The number of amides is 1. The first kappa shape index (κ1) is 26.0. The number of fused-ring (bicyclic) bond motifs is 2. The summed E-state index contributed by atoms with van der Waals surface area (Å²) >= 11 is 0. The van der Waals surface area contributed by atoms with Crippen LogP contribution >= 0.6 is 0 Å². The van der Waals surface area contributed by atoms with Crippen molar-refractivity contribution in [2.75, 3.05) is 26.4 Å². The van der Waals surface area contributed by atoms with E-state index in [1.165, 1.54) is 17.7 Å². The Hall–Kier alpha value is -3.11. The maximum Gasteiger partial charge on any atom is 0.306 e. The molecule has 4 rings (SSSR count). The molecule has 0 saturated heterocycles. The van der Waals surface area contributed by atoms with Gasteiger partial charge in [-0.25, -0.2) is 13.1 Å². The number of carbonyl (C=O) groups excluding carboxylic acids is 2. The molecule has 1 aliphatic heterocycles. The summed E-state index contributed by atoms with van der Waals surface area (Å²) < 4.78 is 43.5. The molecule has 1 aliphatic carbocycles. The molecule has 9 nitrogen and oxygen atoms in total. The highest BCUT2D eigenvalue weighted by Crippen LogP contribution is 2.32. The van der Waals surface area contributed by atoms with Crippen molar-refractivity contribution >= 4 is 21.9 Å². The van der Waals surface area contributed by atoms with Crippen molar-refractivity contribution in [3.8, 4) is 11.5 Å². The van der Waals surface area contributed by atoms with Crippen LogP contribution in [-0.4, -0.2) is 46.7 Å². The summed E-state index contributed by atoms with van der Waals surface area (Å²) in [6, 6.07) is 12.5. The van der Waals surface area contributed by atoms with E-state index in [-0.39, 0.29) is 36.4 Å². The van der Waals surface area contributed by atoms with Crippen molar-refractivity contribution < 1.29 is 32.2 Å². The second-order valence-corrected chi connectivity index (χ2v) is 10.7. The lowest BCUT2D eigenvalue weighted by molar-refractivity contribution is -0.148. The monoisotopic (exact) mass is 516 g/mol. The van der Waals surface area contributed by atoms with Gasteiger partial charge in [-0.3, -0.25) is 9.59 Å². The molecular weight excluding hydrogens is 484 g/mol. The summed E-state index contributed by atoms with van der Waals surface area (Å²) in [7, 11) is -3.67. The summed E-state index contributed by atoms with van der Waals surface area (Å²) in [5.74, 6) is 0.202. The number of hydrogen-bond acceptors (Lipinski definition) is 7. The normalized spacial score (nSPS) is 16.6. The highest BCUT2D eigenvalue weighted by atomic mass is 32.2. The SMILES string of the molecule is O=C(COC(=O)CCCCCNS(=O)(=O)c1ccc2c(c1)OCCO2)N[C@H]1CCCc2ccccc21. The second kappa shape index (κ2) is 12.2. The molecule has 1 atom stereocenters. The number of unbranched alkanes of at least 4 members (excludes halogenated alkanes) is 2. The number of sulfonamides is 1. The Labute approximate surface area is 211 Å². The fraction of sp³-hybridized carbons (Fsp3) is 0.462. The average molecular weight is 517 g/mol. The van der Waals surface area contributed by atoms with Gasteiger partial charge in [-0.2, -0.15) is 0 Å². The number of esters is 1. The van der Waals surface area contributed by atoms with Gasteiger partial charge in [0.05, 0.1) is 10.9 Å². The zero-order chi connectivity index (χ0) is 25.4. The Kier molecular flexibility index (Phi) is 8.82. The van der Waals surface area contributed by atoms with Crippen LogP contribution in [-0.2, 0) is 30.8 Å². The fourth-order valence-electron chi connectivity index (χ4n) is 4.41. The predicted molar refractivity (Wildman–Crippen MR) is 132 cm³/mol. The van der Waals surface area contributed by atoms with E-state index in [2.05, 4.69) is 16.1 Å². The smallest absolute Gasteiger partial charge is 0.306 e. The molecule has 2 aromatic rings. The van der Waals surface area contributed by atoms with Gasteiger partial charge in [0, 0.05) is 19.0 Å². The van der Waals surface area contributed by atoms with Crippen molar-refractivity contribution in [3.63, 3.8) is 0 Å². The second-order valence-electron chi connectivity index (χ2n) is 8.89. The molecule has 0 saturated carbocycles. The Balaban J connectivity index is 1.10. The van der Waals surface area contributed by atoms with Gasteiger partial charge in [0.25, 0.3) is 5.91 Å². The largest absolute Gasteiger partial charge is 0.486 e. The summed E-state index contributed by atoms with van der Waals surface area (Å²) in [6.07, 6.45) is 4.82. The average Bonchev–Trinajstić information content (AvgIpc) is 2.89. The van der Waals surface area contributed by atoms with E-state index in [9.17, 15) is 18.0 Å². The molecule has 2 N–H and O–H groups in total. The van der Waals surface area contributed by atoms with E-state index in [0.29, 0.717) is 44.0 Å². The Bertz CT molecular complexity index is 1180. The summed E-state index contributed by atoms with van der Waals surface area (Å²) in [5, 5.41) is 2.96. The van der Waals surface area contributed by atoms with Gasteiger partial charge in [0.15, 0.2) is 18.1 Å². The zero-order valence-corrected chi connectivity index (χ0v) is 21.0. The minimum absolute atomic E-state index is 0.0490. The molecule has 0 spiro atoms. The van der Waals surface area contributed by atoms with E-state index >= 15 is 0 Å². The van der Waals surface area contributed by atoms with Gasteiger partial charge in [-0.15, -0.1) is 0 Å². The van der Waals surface area contributed by atoms with Gasteiger partial charge in [0.2, 0.25) is 10.0 Å². The maximum absolute atomic E-state index is 12.5. The van der Waals surface area contributed by atoms with Gasteiger partial charge in [-0.1, -0.05) is 30.7 Å². The number of benzene rings is 2. The van der Waals surface area contributed by atoms with Crippen molar-refractivity contribution in [1.29, 1.82) is 0 Å². The molecule has 36 heavy (non-hydrogen) atoms.